The van der Waals surface area contributed by atoms with E-state index < -0.39 is 17.0 Å². The highest BCUT2D eigenvalue weighted by Crippen LogP contribution is 2.25. The third-order valence-electron chi connectivity index (χ3n) is 2.99. The number of aliphatic hydroxyl groups is 1. The maximum Gasteiger partial charge on any atom is 0.163 e. The molecule has 1 aliphatic rings. The Morgan fingerprint density at radius 1 is 1.37 bits per heavy atom. The fourth-order valence-corrected chi connectivity index (χ4v) is 3.18. The summed E-state index contributed by atoms with van der Waals surface area (Å²) >= 11 is -1.09. The first-order valence-corrected chi connectivity index (χ1v) is 7.72. The molecule has 1 heterocycles. The van der Waals surface area contributed by atoms with Crippen LogP contribution in [-0.4, -0.2) is 40.5 Å². The second kappa shape index (κ2) is 6.24. The van der Waals surface area contributed by atoms with E-state index in [2.05, 4.69) is 0 Å². The predicted molar refractivity (Wildman–Crippen MR) is 73.4 cm³/mol. The molecule has 2 rings (SSSR count). The smallest absolute Gasteiger partial charge is 0.163 e. The molecule has 0 saturated carbocycles. The van der Waals surface area contributed by atoms with E-state index in [4.69, 9.17) is 14.6 Å². The monoisotopic (exact) mass is 284 g/mol. The molecular weight excluding hydrogens is 264 g/mol. The van der Waals surface area contributed by atoms with E-state index in [0.717, 1.165) is 10.5 Å². The van der Waals surface area contributed by atoms with Gasteiger partial charge in [0.15, 0.2) is 10.7 Å². The van der Waals surface area contributed by atoms with Gasteiger partial charge in [-0.15, -0.1) is 0 Å². The molecule has 5 heteroatoms. The second-order valence-electron chi connectivity index (χ2n) is 5.08. The van der Waals surface area contributed by atoms with E-state index in [-0.39, 0.29) is 12.7 Å². The molecule has 19 heavy (non-hydrogen) atoms. The lowest BCUT2D eigenvalue weighted by molar-refractivity contribution is -0.135. The Morgan fingerprint density at radius 3 is 2.58 bits per heavy atom. The average molecular weight is 284 g/mol. The van der Waals surface area contributed by atoms with Gasteiger partial charge in [-0.3, -0.25) is 0 Å². The number of aliphatic hydroxyl groups excluding tert-OH is 1. The summed E-state index contributed by atoms with van der Waals surface area (Å²) in [6.45, 7) is 4.34. The average Bonchev–Trinajstić information content (AvgIpc) is 2.70. The molecule has 4 nitrogen and oxygen atoms in total. The molecule has 0 aromatic heterocycles. The van der Waals surface area contributed by atoms with Gasteiger partial charge in [-0.25, -0.2) is 0 Å². The van der Waals surface area contributed by atoms with Crippen LogP contribution in [0.4, 0.5) is 0 Å². The molecule has 1 N–H and O–H groups in total. The summed E-state index contributed by atoms with van der Waals surface area (Å²) in [6, 6.07) is 7.50. The van der Waals surface area contributed by atoms with Crippen molar-refractivity contribution in [2.45, 2.75) is 37.1 Å². The SMILES string of the molecule is CC1(C)OCC(C[S+]([O-])c2ccc(CCO)cc2)O1. The van der Waals surface area contributed by atoms with E-state index in [0.29, 0.717) is 18.8 Å². The number of hydrogen-bond acceptors (Lipinski definition) is 4. The maximum absolute atomic E-state index is 12.2. The van der Waals surface area contributed by atoms with Crippen LogP contribution in [0.3, 0.4) is 0 Å². The molecule has 0 bridgehead atoms. The van der Waals surface area contributed by atoms with E-state index in [1.807, 2.05) is 38.1 Å². The Morgan fingerprint density at radius 2 is 2.05 bits per heavy atom. The molecule has 0 amide bonds. The van der Waals surface area contributed by atoms with Crippen LogP contribution in [0.25, 0.3) is 0 Å². The van der Waals surface area contributed by atoms with Crippen LogP contribution in [0.5, 0.6) is 0 Å². The van der Waals surface area contributed by atoms with Gasteiger partial charge in [0.1, 0.15) is 11.9 Å². The van der Waals surface area contributed by atoms with Crippen molar-refractivity contribution in [1.29, 1.82) is 0 Å². The van der Waals surface area contributed by atoms with Crippen molar-refractivity contribution in [2.24, 2.45) is 0 Å². The van der Waals surface area contributed by atoms with Gasteiger partial charge in [0.2, 0.25) is 0 Å². The van der Waals surface area contributed by atoms with Gasteiger partial charge in [-0.2, -0.15) is 0 Å². The summed E-state index contributed by atoms with van der Waals surface area (Å²) in [5.41, 5.74) is 1.05. The van der Waals surface area contributed by atoms with Gasteiger partial charge in [-0.1, -0.05) is 12.1 Å². The lowest BCUT2D eigenvalue weighted by atomic mass is 10.2. The van der Waals surface area contributed by atoms with Gasteiger partial charge < -0.3 is 19.1 Å². The molecule has 1 aliphatic heterocycles. The molecule has 1 aromatic rings. The van der Waals surface area contributed by atoms with Crippen molar-refractivity contribution in [3.63, 3.8) is 0 Å². The van der Waals surface area contributed by atoms with Crippen LogP contribution in [0.15, 0.2) is 29.2 Å². The Bertz CT molecular complexity index is 404. The molecule has 1 fully saturated rings. The van der Waals surface area contributed by atoms with Crippen LogP contribution in [0.2, 0.25) is 0 Å². The maximum atomic E-state index is 12.2. The molecule has 2 atom stereocenters. The fourth-order valence-electron chi connectivity index (χ4n) is 2.05. The summed E-state index contributed by atoms with van der Waals surface area (Å²) in [5, 5.41) is 8.85. The van der Waals surface area contributed by atoms with Crippen molar-refractivity contribution in [3.05, 3.63) is 29.8 Å². The molecular formula is C14H20O4S. The van der Waals surface area contributed by atoms with Crippen molar-refractivity contribution < 1.29 is 19.1 Å². The van der Waals surface area contributed by atoms with E-state index in [1.54, 1.807) is 0 Å². The van der Waals surface area contributed by atoms with Gasteiger partial charge in [-0.05, 0) is 49.1 Å². The van der Waals surface area contributed by atoms with Crippen molar-refractivity contribution in [1.82, 2.24) is 0 Å². The summed E-state index contributed by atoms with van der Waals surface area (Å²) in [4.78, 5) is 0.787. The number of benzene rings is 1. The fraction of sp³-hybridized carbons (Fsp3) is 0.571. The quantitative estimate of drug-likeness (QED) is 0.832. The number of hydrogen-bond donors (Lipinski definition) is 1. The van der Waals surface area contributed by atoms with Gasteiger partial charge in [0, 0.05) is 6.61 Å². The predicted octanol–water partition coefficient (Wildman–Crippen LogP) is 1.48. The van der Waals surface area contributed by atoms with Crippen LogP contribution in [-0.2, 0) is 27.1 Å². The minimum absolute atomic E-state index is 0.118. The lowest BCUT2D eigenvalue weighted by Gasteiger charge is -2.18. The topological polar surface area (TPSA) is 61.8 Å². The Balaban J connectivity index is 1.91. The highest BCUT2D eigenvalue weighted by atomic mass is 32.2. The zero-order chi connectivity index (χ0) is 13.9. The highest BCUT2D eigenvalue weighted by molar-refractivity contribution is 7.91. The Hall–Kier alpha value is -0.590. The summed E-state index contributed by atoms with van der Waals surface area (Å²) < 4.78 is 23.3. The molecule has 0 spiro atoms. The van der Waals surface area contributed by atoms with E-state index >= 15 is 0 Å². The normalized spacial score (nSPS) is 23.5. The van der Waals surface area contributed by atoms with Crippen LogP contribution < -0.4 is 0 Å². The van der Waals surface area contributed by atoms with Gasteiger partial charge >= 0.3 is 0 Å². The third kappa shape index (κ3) is 4.19. The molecule has 1 aromatic carbocycles. The zero-order valence-electron chi connectivity index (χ0n) is 11.3. The highest BCUT2D eigenvalue weighted by Gasteiger charge is 2.35. The van der Waals surface area contributed by atoms with Crippen LogP contribution in [0.1, 0.15) is 19.4 Å². The summed E-state index contributed by atoms with van der Waals surface area (Å²) in [6.07, 6.45) is 0.508. The van der Waals surface area contributed by atoms with Crippen molar-refractivity contribution in [3.8, 4) is 0 Å². The standard InChI is InChI=1S/C14H20O4S/c1-14(2)17-9-12(18-14)10-19(16)13-5-3-11(4-6-13)7-8-15/h3-6,12,15H,7-10H2,1-2H3. The van der Waals surface area contributed by atoms with E-state index in [9.17, 15) is 4.55 Å². The minimum Gasteiger partial charge on any atom is -0.611 e. The number of ether oxygens (including phenoxy) is 2. The molecule has 106 valence electrons. The van der Waals surface area contributed by atoms with Crippen LogP contribution in [0, 0.1) is 0 Å². The zero-order valence-corrected chi connectivity index (χ0v) is 12.1. The summed E-state index contributed by atoms with van der Waals surface area (Å²) in [7, 11) is 0. The first-order chi connectivity index (χ1) is 9.00. The number of rotatable bonds is 5. The lowest BCUT2D eigenvalue weighted by Crippen LogP contribution is -2.26. The molecule has 0 aliphatic carbocycles. The Kier molecular flexibility index (Phi) is 4.86. The summed E-state index contributed by atoms with van der Waals surface area (Å²) in [5.74, 6) is -0.122. The minimum atomic E-state index is -1.09. The van der Waals surface area contributed by atoms with Crippen molar-refractivity contribution >= 4 is 11.2 Å². The van der Waals surface area contributed by atoms with Crippen LogP contribution >= 0.6 is 0 Å². The third-order valence-corrected chi connectivity index (χ3v) is 4.46. The molecule has 2 unspecified atom stereocenters. The molecule has 1 saturated heterocycles. The molecule has 0 radical (unpaired) electrons. The van der Waals surface area contributed by atoms with Crippen molar-refractivity contribution in [2.75, 3.05) is 19.0 Å². The first-order valence-electron chi connectivity index (χ1n) is 6.40. The van der Waals surface area contributed by atoms with Gasteiger partial charge in [0.25, 0.3) is 0 Å². The second-order valence-corrected chi connectivity index (χ2v) is 6.58. The van der Waals surface area contributed by atoms with Gasteiger partial charge in [0.05, 0.1) is 6.61 Å². The first kappa shape index (κ1) is 14.8. The van der Waals surface area contributed by atoms with E-state index in [1.165, 1.54) is 0 Å². The largest absolute Gasteiger partial charge is 0.611 e. The Labute approximate surface area is 116 Å².